The lowest BCUT2D eigenvalue weighted by Crippen LogP contribution is -2.51. The number of aliphatic carboxylic acids is 1. The van der Waals surface area contributed by atoms with Crippen molar-refractivity contribution in [3.05, 3.63) is 23.8 Å². The van der Waals surface area contributed by atoms with Gasteiger partial charge in [-0.15, -0.1) is 0 Å². The highest BCUT2D eigenvalue weighted by Crippen LogP contribution is 2.44. The van der Waals surface area contributed by atoms with Gasteiger partial charge in [0.1, 0.15) is 11.7 Å². The fourth-order valence-electron chi connectivity index (χ4n) is 5.10. The molecule has 0 saturated carbocycles. The van der Waals surface area contributed by atoms with Crippen LogP contribution < -0.4 is 5.32 Å². The van der Waals surface area contributed by atoms with E-state index in [2.05, 4.69) is 18.3 Å². The van der Waals surface area contributed by atoms with Crippen molar-refractivity contribution in [3.63, 3.8) is 0 Å². The Hall–Kier alpha value is -1.78. The van der Waals surface area contributed by atoms with Crippen LogP contribution in [0.1, 0.15) is 66.2 Å². The Labute approximate surface area is 207 Å². The lowest BCUT2D eigenvalue weighted by molar-refractivity contribution is -0.166. The molecule has 0 aromatic rings. The number of aliphatic hydroxyl groups excluding tert-OH is 2. The second-order valence-corrected chi connectivity index (χ2v) is 10.5. The minimum absolute atomic E-state index is 0.0423. The molecule has 0 bridgehead atoms. The van der Waals surface area contributed by atoms with E-state index in [4.69, 9.17) is 19.3 Å². The van der Waals surface area contributed by atoms with E-state index in [1.54, 1.807) is 6.92 Å². The first kappa shape index (κ1) is 27.8. The number of carboxylic acids is 1. The Bertz CT molecular complexity index is 805. The monoisotopic (exact) mass is 495 g/mol. The topological polar surface area (TPSA) is 138 Å². The van der Waals surface area contributed by atoms with E-state index in [0.29, 0.717) is 19.4 Å². The summed E-state index contributed by atoms with van der Waals surface area (Å²) < 4.78 is 17.6. The van der Waals surface area contributed by atoms with Crippen molar-refractivity contribution in [1.29, 1.82) is 0 Å². The molecule has 9 nitrogen and oxygen atoms in total. The van der Waals surface area contributed by atoms with Gasteiger partial charge in [-0.1, -0.05) is 24.6 Å². The summed E-state index contributed by atoms with van der Waals surface area (Å²) in [6.07, 6.45) is 5.79. The second kappa shape index (κ2) is 12.0. The smallest absolute Gasteiger partial charge is 0.305 e. The standard InChI is InChI=1S/C26H41NO8/c1-15(6-9-22-25(32)26(14-33-26)13-19(35-22)12-24(30)31)5-8-21-16(2)11-20(18(4)34-21)27-23(29)10-7-17(3)28/h5,7,10,16-22,25,28,32H,6,8-9,11-14H2,1-4H3,(H,27,29)(H,30,31)/t16-,17-,18+,19+,20+,21-,22+,25+,26+/m0/s1. The molecule has 0 aliphatic carbocycles. The zero-order valence-electron chi connectivity index (χ0n) is 21.2. The van der Waals surface area contributed by atoms with E-state index in [1.807, 2.05) is 13.8 Å². The van der Waals surface area contributed by atoms with Crippen LogP contribution in [-0.2, 0) is 23.8 Å². The second-order valence-electron chi connectivity index (χ2n) is 10.5. The summed E-state index contributed by atoms with van der Waals surface area (Å²) in [5.41, 5.74) is 0.523. The van der Waals surface area contributed by atoms with Crippen molar-refractivity contribution in [2.45, 2.75) is 114 Å². The van der Waals surface area contributed by atoms with Crippen LogP contribution in [0.25, 0.3) is 0 Å². The van der Waals surface area contributed by atoms with Crippen LogP contribution in [0.2, 0.25) is 0 Å². The minimum Gasteiger partial charge on any atom is -0.481 e. The Balaban J connectivity index is 1.47. The van der Waals surface area contributed by atoms with E-state index in [-0.39, 0.29) is 36.5 Å². The highest BCUT2D eigenvalue weighted by Gasteiger charge is 2.58. The fraction of sp³-hybridized carbons (Fsp3) is 0.769. The zero-order valence-corrected chi connectivity index (χ0v) is 21.2. The van der Waals surface area contributed by atoms with E-state index in [0.717, 1.165) is 24.8 Å². The Morgan fingerprint density at radius 2 is 1.94 bits per heavy atom. The number of allylic oxidation sites excluding steroid dienone is 1. The SMILES string of the molecule is CC(=CC[C@@H]1O[C@H](C)[C@H](NC(=O)C=C[C@H](C)O)C[C@@H]1C)CC[C@H]1O[C@H](CC(=O)O)C[C@@]2(CO2)[C@@H]1O. The van der Waals surface area contributed by atoms with Crippen molar-refractivity contribution in [3.8, 4) is 0 Å². The molecular weight excluding hydrogens is 454 g/mol. The largest absolute Gasteiger partial charge is 0.481 e. The van der Waals surface area contributed by atoms with Gasteiger partial charge in [-0.3, -0.25) is 9.59 Å². The van der Waals surface area contributed by atoms with Crippen LogP contribution >= 0.6 is 0 Å². The lowest BCUT2D eigenvalue weighted by atomic mass is 9.85. The molecule has 3 saturated heterocycles. The number of hydrogen-bond acceptors (Lipinski definition) is 7. The molecule has 9 atom stereocenters. The van der Waals surface area contributed by atoms with E-state index in [9.17, 15) is 19.8 Å². The van der Waals surface area contributed by atoms with Crippen molar-refractivity contribution in [2.75, 3.05) is 6.61 Å². The number of carbonyl (C=O) groups excluding carboxylic acids is 1. The predicted molar refractivity (Wildman–Crippen MR) is 129 cm³/mol. The Morgan fingerprint density at radius 3 is 2.57 bits per heavy atom. The third-order valence-electron chi connectivity index (χ3n) is 7.34. The van der Waals surface area contributed by atoms with Crippen molar-refractivity contribution in [2.24, 2.45) is 5.92 Å². The number of hydrogen-bond donors (Lipinski definition) is 4. The summed E-state index contributed by atoms with van der Waals surface area (Å²) in [5, 5.41) is 32.1. The number of carboxylic acid groups (broad SMARTS) is 1. The first-order chi connectivity index (χ1) is 16.5. The number of nitrogens with one attached hydrogen (secondary N) is 1. The number of aliphatic hydroxyl groups is 2. The Kier molecular flexibility index (Phi) is 9.51. The molecule has 3 fully saturated rings. The number of epoxide rings is 1. The van der Waals surface area contributed by atoms with E-state index >= 15 is 0 Å². The number of rotatable bonds is 10. The molecule has 0 aromatic heterocycles. The summed E-state index contributed by atoms with van der Waals surface area (Å²) in [6, 6.07) is -0.0851. The first-order valence-electron chi connectivity index (χ1n) is 12.7. The van der Waals surface area contributed by atoms with Gasteiger partial charge < -0.3 is 34.8 Å². The molecule has 0 unspecified atom stereocenters. The van der Waals surface area contributed by atoms with Gasteiger partial charge in [-0.25, -0.2) is 0 Å². The molecule has 3 heterocycles. The fourth-order valence-corrected chi connectivity index (χ4v) is 5.10. The third kappa shape index (κ3) is 7.85. The van der Waals surface area contributed by atoms with Crippen molar-refractivity contribution < 1.29 is 39.1 Å². The highest BCUT2D eigenvalue weighted by atomic mass is 16.6. The lowest BCUT2D eigenvalue weighted by Gasteiger charge is -2.39. The average molecular weight is 496 g/mol. The molecule has 1 amide bonds. The van der Waals surface area contributed by atoms with Crippen LogP contribution in [0.15, 0.2) is 23.8 Å². The van der Waals surface area contributed by atoms with E-state index < -0.39 is 36.0 Å². The first-order valence-corrected chi connectivity index (χ1v) is 12.7. The average Bonchev–Trinajstić information content (AvgIpc) is 3.54. The van der Waals surface area contributed by atoms with Crippen LogP contribution in [0.4, 0.5) is 0 Å². The predicted octanol–water partition coefficient (Wildman–Crippen LogP) is 2.10. The third-order valence-corrected chi connectivity index (χ3v) is 7.34. The summed E-state index contributed by atoms with van der Waals surface area (Å²) in [7, 11) is 0. The van der Waals surface area contributed by atoms with Gasteiger partial charge in [0.05, 0.1) is 49.6 Å². The minimum atomic E-state index is -0.911. The van der Waals surface area contributed by atoms with Gasteiger partial charge in [-0.2, -0.15) is 0 Å². The molecule has 0 aromatic carbocycles. The van der Waals surface area contributed by atoms with Gasteiger partial charge in [-0.05, 0) is 52.4 Å². The maximum atomic E-state index is 12.1. The molecule has 3 rings (SSSR count). The Morgan fingerprint density at radius 1 is 1.23 bits per heavy atom. The molecule has 3 aliphatic heterocycles. The molecule has 3 aliphatic rings. The van der Waals surface area contributed by atoms with Crippen LogP contribution in [0.3, 0.4) is 0 Å². The van der Waals surface area contributed by atoms with Gasteiger partial charge in [0.2, 0.25) is 5.91 Å². The number of carbonyl (C=O) groups is 2. The molecular formula is C26H41NO8. The van der Waals surface area contributed by atoms with Gasteiger partial charge in [0.15, 0.2) is 0 Å². The van der Waals surface area contributed by atoms with E-state index in [1.165, 1.54) is 12.2 Å². The van der Waals surface area contributed by atoms with Crippen LogP contribution in [0, 0.1) is 5.92 Å². The highest BCUT2D eigenvalue weighted by molar-refractivity contribution is 5.87. The van der Waals surface area contributed by atoms with Gasteiger partial charge >= 0.3 is 5.97 Å². The molecule has 0 radical (unpaired) electrons. The van der Waals surface area contributed by atoms with Gasteiger partial charge in [0, 0.05) is 12.5 Å². The normalized spacial score (nSPS) is 38.5. The molecule has 9 heteroatoms. The molecule has 1 spiro atoms. The number of ether oxygens (including phenoxy) is 3. The summed E-state index contributed by atoms with van der Waals surface area (Å²) in [5.74, 6) is -0.886. The maximum Gasteiger partial charge on any atom is 0.305 e. The summed E-state index contributed by atoms with van der Waals surface area (Å²) in [6.45, 7) is 8.17. The summed E-state index contributed by atoms with van der Waals surface area (Å²) in [4.78, 5) is 23.2. The quantitative estimate of drug-likeness (QED) is 0.205. The zero-order chi connectivity index (χ0) is 25.8. The van der Waals surface area contributed by atoms with Crippen molar-refractivity contribution >= 4 is 11.9 Å². The molecule has 35 heavy (non-hydrogen) atoms. The van der Waals surface area contributed by atoms with Gasteiger partial charge in [0.25, 0.3) is 0 Å². The van der Waals surface area contributed by atoms with Crippen LogP contribution in [-0.4, -0.2) is 82.1 Å². The van der Waals surface area contributed by atoms with Crippen LogP contribution in [0.5, 0.6) is 0 Å². The maximum absolute atomic E-state index is 12.1. The molecule has 198 valence electrons. The molecule has 4 N–H and O–H groups in total. The van der Waals surface area contributed by atoms with Crippen molar-refractivity contribution in [1.82, 2.24) is 5.32 Å². The summed E-state index contributed by atoms with van der Waals surface area (Å²) >= 11 is 0. The number of amides is 1.